The Hall–Kier alpha value is -2.18. The number of nitrogens with zero attached hydrogens (tertiary/aromatic N) is 5. The number of aliphatic hydroxyl groups is 1. The topological polar surface area (TPSA) is 65.4 Å². The largest absolute Gasteiger partial charge is 0.389 e. The van der Waals surface area contributed by atoms with E-state index < -0.39 is 0 Å². The Balaban J connectivity index is 1.56. The number of halogens is 1. The average Bonchev–Trinajstić information content (AvgIpc) is 3.05. The summed E-state index contributed by atoms with van der Waals surface area (Å²) >= 11 is 6.30. The number of rotatable bonds is 2. The van der Waals surface area contributed by atoms with Crippen LogP contribution in [-0.2, 0) is 19.4 Å². The first-order valence-corrected chi connectivity index (χ1v) is 9.36. The van der Waals surface area contributed by atoms with Crippen molar-refractivity contribution in [1.29, 1.82) is 0 Å². The fourth-order valence-electron chi connectivity index (χ4n) is 4.14. The van der Waals surface area contributed by atoms with E-state index in [9.17, 15) is 5.11 Å². The number of aromatic nitrogens is 3. The number of β-amino-alcohol motifs (C(OH)–C–C–N with tert-alkyl or cyclic N) is 1. The molecule has 0 spiro atoms. The Morgan fingerprint density at radius 2 is 2.08 bits per heavy atom. The summed E-state index contributed by atoms with van der Waals surface area (Å²) in [6.07, 6.45) is 7.36. The van der Waals surface area contributed by atoms with Gasteiger partial charge in [-0.25, -0.2) is 15.0 Å². The molecular weight excluding hydrogens is 350 g/mol. The fourth-order valence-corrected chi connectivity index (χ4v) is 4.34. The number of pyridine rings is 1. The molecule has 0 amide bonds. The third kappa shape index (κ3) is 2.47. The molecule has 2 aromatic heterocycles. The first-order valence-electron chi connectivity index (χ1n) is 8.98. The number of hydrogen-bond donors (Lipinski definition) is 1. The van der Waals surface area contributed by atoms with Crippen molar-refractivity contribution >= 4 is 29.2 Å². The second kappa shape index (κ2) is 5.93. The van der Waals surface area contributed by atoms with E-state index >= 15 is 0 Å². The zero-order valence-corrected chi connectivity index (χ0v) is 15.3. The molecule has 5 rings (SSSR count). The Morgan fingerprint density at radius 3 is 2.88 bits per heavy atom. The molecule has 1 fully saturated rings. The van der Waals surface area contributed by atoms with Gasteiger partial charge in [-0.3, -0.25) is 0 Å². The second-order valence-corrected chi connectivity index (χ2v) is 7.68. The fraction of sp³-hybridized carbons (Fsp3) is 0.421. The predicted octanol–water partition coefficient (Wildman–Crippen LogP) is 2.23. The molecule has 26 heavy (non-hydrogen) atoms. The highest BCUT2D eigenvalue weighted by Crippen LogP contribution is 2.38. The van der Waals surface area contributed by atoms with Gasteiger partial charge < -0.3 is 14.9 Å². The van der Waals surface area contributed by atoms with Gasteiger partial charge in [0.2, 0.25) is 0 Å². The van der Waals surface area contributed by atoms with E-state index in [0.29, 0.717) is 24.3 Å². The molecule has 2 aliphatic heterocycles. The van der Waals surface area contributed by atoms with Crippen LogP contribution in [0.2, 0.25) is 5.15 Å². The second-order valence-electron chi connectivity index (χ2n) is 7.29. The first kappa shape index (κ1) is 16.0. The molecule has 1 saturated heterocycles. The molecular formula is C19H20ClN5O. The molecule has 1 atom stereocenters. The summed E-state index contributed by atoms with van der Waals surface area (Å²) in [6.45, 7) is 4.23. The molecule has 4 heterocycles. The number of hydrogen-bond acceptors (Lipinski definition) is 6. The lowest BCUT2D eigenvalue weighted by Gasteiger charge is -2.42. The van der Waals surface area contributed by atoms with Gasteiger partial charge in [0.15, 0.2) is 0 Å². The minimum atomic E-state index is -0.258. The molecule has 7 heteroatoms. The monoisotopic (exact) mass is 369 g/mol. The van der Waals surface area contributed by atoms with E-state index in [1.807, 2.05) is 6.07 Å². The lowest BCUT2D eigenvalue weighted by atomic mass is 9.97. The molecule has 0 radical (unpaired) electrons. The minimum Gasteiger partial charge on any atom is -0.389 e. The van der Waals surface area contributed by atoms with Gasteiger partial charge in [-0.1, -0.05) is 23.8 Å². The van der Waals surface area contributed by atoms with Crippen LogP contribution in [0.15, 0.2) is 18.5 Å². The summed E-state index contributed by atoms with van der Waals surface area (Å²) in [5.41, 5.74) is 5.60. The summed E-state index contributed by atoms with van der Waals surface area (Å²) in [5, 5.41) is 10.2. The summed E-state index contributed by atoms with van der Waals surface area (Å²) in [6, 6.07) is 2.28. The van der Waals surface area contributed by atoms with Gasteiger partial charge in [0, 0.05) is 55.3 Å². The summed E-state index contributed by atoms with van der Waals surface area (Å²) < 4.78 is 0. The van der Waals surface area contributed by atoms with Crippen molar-refractivity contribution in [2.45, 2.75) is 38.5 Å². The number of allylic oxidation sites excluding steroid dienone is 1. The van der Waals surface area contributed by atoms with Crippen LogP contribution in [0.3, 0.4) is 0 Å². The maximum absolute atomic E-state index is 9.67. The van der Waals surface area contributed by atoms with Crippen molar-refractivity contribution in [3.63, 3.8) is 0 Å². The molecule has 3 aliphatic rings. The van der Waals surface area contributed by atoms with Gasteiger partial charge in [-0.15, -0.1) is 0 Å². The zero-order chi connectivity index (χ0) is 17.8. The smallest absolute Gasteiger partial charge is 0.137 e. The van der Waals surface area contributed by atoms with E-state index in [1.165, 1.54) is 5.56 Å². The Bertz CT molecular complexity index is 909. The Morgan fingerprint density at radius 1 is 1.23 bits per heavy atom. The van der Waals surface area contributed by atoms with Gasteiger partial charge in [-0.2, -0.15) is 0 Å². The molecule has 1 N–H and O–H groups in total. The normalized spacial score (nSPS) is 21.6. The third-order valence-electron chi connectivity index (χ3n) is 5.51. The maximum atomic E-state index is 9.67. The van der Waals surface area contributed by atoms with Crippen molar-refractivity contribution in [2.75, 3.05) is 22.9 Å². The van der Waals surface area contributed by atoms with Crippen LogP contribution >= 0.6 is 11.6 Å². The molecule has 134 valence electrons. The van der Waals surface area contributed by atoms with E-state index in [1.54, 1.807) is 6.33 Å². The van der Waals surface area contributed by atoms with Crippen molar-refractivity contribution in [1.82, 2.24) is 15.0 Å². The predicted molar refractivity (Wildman–Crippen MR) is 102 cm³/mol. The summed E-state index contributed by atoms with van der Waals surface area (Å²) in [4.78, 5) is 18.0. The molecule has 6 nitrogen and oxygen atoms in total. The van der Waals surface area contributed by atoms with E-state index in [0.717, 1.165) is 47.8 Å². The molecule has 0 bridgehead atoms. The molecule has 2 aromatic rings. The Kier molecular flexibility index (Phi) is 3.65. The van der Waals surface area contributed by atoms with Gasteiger partial charge in [0.05, 0.1) is 17.5 Å². The van der Waals surface area contributed by atoms with Crippen LogP contribution in [-0.4, -0.2) is 45.3 Å². The summed E-state index contributed by atoms with van der Waals surface area (Å²) in [5.74, 6) is 0.949. The van der Waals surface area contributed by atoms with Gasteiger partial charge in [-0.05, 0) is 13.0 Å². The van der Waals surface area contributed by atoms with Crippen LogP contribution in [0.25, 0.3) is 6.08 Å². The third-order valence-corrected chi connectivity index (χ3v) is 5.71. The van der Waals surface area contributed by atoms with Crippen LogP contribution < -0.4 is 9.80 Å². The van der Waals surface area contributed by atoms with Crippen LogP contribution in [0, 0.1) is 0 Å². The van der Waals surface area contributed by atoms with Crippen LogP contribution in [0.1, 0.15) is 29.4 Å². The van der Waals surface area contributed by atoms with Crippen molar-refractivity contribution in [3.05, 3.63) is 46.1 Å². The van der Waals surface area contributed by atoms with E-state index in [4.69, 9.17) is 11.6 Å². The quantitative estimate of drug-likeness (QED) is 0.819. The highest BCUT2D eigenvalue weighted by atomic mass is 35.5. The number of fused-ring (bicyclic) bond motifs is 2. The molecule has 0 saturated carbocycles. The van der Waals surface area contributed by atoms with Gasteiger partial charge in [0.1, 0.15) is 17.3 Å². The highest BCUT2D eigenvalue weighted by molar-refractivity contribution is 6.29. The lowest BCUT2D eigenvalue weighted by Crippen LogP contribution is -2.52. The van der Waals surface area contributed by atoms with Crippen molar-refractivity contribution in [2.24, 2.45) is 0 Å². The molecule has 1 aliphatic carbocycles. The summed E-state index contributed by atoms with van der Waals surface area (Å²) in [7, 11) is 0. The first-order chi connectivity index (χ1) is 12.6. The molecule has 0 aromatic carbocycles. The standard InChI is InChI=1S/C19H20ClN5O/c1-11-5-16-14(19(22-10-21-16)24-7-12(26)8-24)9-25(11)17-6-18(20)23-15-4-2-3-13(15)17/h2-3,6,10-12,26H,4-5,7-9H2,1H3/t11-/m1/s1. The maximum Gasteiger partial charge on any atom is 0.137 e. The van der Waals surface area contributed by atoms with Crippen LogP contribution in [0.5, 0.6) is 0 Å². The number of anilines is 2. The van der Waals surface area contributed by atoms with Crippen molar-refractivity contribution in [3.8, 4) is 0 Å². The number of aliphatic hydroxyl groups excluding tert-OH is 1. The lowest BCUT2D eigenvalue weighted by molar-refractivity contribution is 0.141. The minimum absolute atomic E-state index is 0.258. The van der Waals surface area contributed by atoms with Gasteiger partial charge in [0.25, 0.3) is 0 Å². The highest BCUT2D eigenvalue weighted by Gasteiger charge is 2.33. The SMILES string of the molecule is C[C@@H]1Cc2ncnc(N3CC(O)C3)c2CN1c1cc(Cl)nc2c1C=CC2. The van der Waals surface area contributed by atoms with Crippen LogP contribution in [0.4, 0.5) is 11.5 Å². The Labute approximate surface area is 157 Å². The zero-order valence-electron chi connectivity index (χ0n) is 14.6. The van der Waals surface area contributed by atoms with Gasteiger partial charge >= 0.3 is 0 Å². The van der Waals surface area contributed by atoms with Crippen molar-refractivity contribution < 1.29 is 5.11 Å². The average molecular weight is 370 g/mol. The molecule has 0 unspecified atom stereocenters. The van der Waals surface area contributed by atoms with E-state index in [-0.39, 0.29) is 6.10 Å². The van der Waals surface area contributed by atoms with E-state index in [2.05, 4.69) is 43.8 Å².